The van der Waals surface area contributed by atoms with E-state index in [0.717, 1.165) is 12.0 Å². The molecule has 72 valence electrons. The highest BCUT2D eigenvalue weighted by Gasteiger charge is 2.05. The molecule has 0 aliphatic heterocycles. The zero-order valence-corrected chi connectivity index (χ0v) is 8.31. The van der Waals surface area contributed by atoms with E-state index in [2.05, 4.69) is 0 Å². The Labute approximate surface area is 82.7 Å². The molecule has 1 atom stereocenters. The van der Waals surface area contributed by atoms with Gasteiger partial charge in [0.2, 0.25) is 0 Å². The van der Waals surface area contributed by atoms with E-state index >= 15 is 0 Å². The van der Waals surface area contributed by atoms with Crippen LogP contribution in [0.3, 0.4) is 0 Å². The summed E-state index contributed by atoms with van der Waals surface area (Å²) in [6.07, 6.45) is 0.801. The third kappa shape index (κ3) is 2.98. The van der Waals surface area contributed by atoms with E-state index in [0.29, 0.717) is 17.5 Å². The normalized spacial score (nSPS) is 12.9. The maximum Gasteiger partial charge on any atom is 0.124 e. The Kier molecular flexibility index (Phi) is 3.70. The summed E-state index contributed by atoms with van der Waals surface area (Å²) in [4.78, 5) is 0. The lowest BCUT2D eigenvalue weighted by Gasteiger charge is -2.09. The molecule has 0 saturated heterocycles. The SMILES string of the molecule is CC(CN)Cc1ccc(F)cc1Cl. The second-order valence-corrected chi connectivity index (χ2v) is 3.69. The van der Waals surface area contributed by atoms with E-state index in [1.807, 2.05) is 6.92 Å². The molecule has 1 aromatic carbocycles. The van der Waals surface area contributed by atoms with Crippen LogP contribution in [0.2, 0.25) is 5.02 Å². The largest absolute Gasteiger partial charge is 0.330 e. The third-order valence-electron chi connectivity index (χ3n) is 1.99. The number of hydrogen-bond donors (Lipinski definition) is 1. The highest BCUT2D eigenvalue weighted by atomic mass is 35.5. The van der Waals surface area contributed by atoms with Crippen LogP contribution in [0.25, 0.3) is 0 Å². The Bertz CT molecular complexity index is 288. The number of hydrogen-bond acceptors (Lipinski definition) is 1. The Hall–Kier alpha value is -0.600. The van der Waals surface area contributed by atoms with E-state index in [-0.39, 0.29) is 5.82 Å². The van der Waals surface area contributed by atoms with Gasteiger partial charge in [-0.1, -0.05) is 24.6 Å². The summed E-state index contributed by atoms with van der Waals surface area (Å²) < 4.78 is 12.7. The molecule has 0 radical (unpaired) electrons. The van der Waals surface area contributed by atoms with E-state index in [1.54, 1.807) is 6.07 Å². The second kappa shape index (κ2) is 4.58. The molecule has 3 heteroatoms. The molecule has 0 bridgehead atoms. The van der Waals surface area contributed by atoms with Crippen molar-refractivity contribution in [2.24, 2.45) is 11.7 Å². The summed E-state index contributed by atoms with van der Waals surface area (Å²) in [6.45, 7) is 2.66. The van der Waals surface area contributed by atoms with Gasteiger partial charge in [-0.3, -0.25) is 0 Å². The first kappa shape index (κ1) is 10.5. The Morgan fingerprint density at radius 2 is 2.23 bits per heavy atom. The van der Waals surface area contributed by atoms with Gasteiger partial charge < -0.3 is 5.73 Å². The molecule has 1 unspecified atom stereocenters. The minimum atomic E-state index is -0.297. The molecule has 1 rings (SSSR count). The second-order valence-electron chi connectivity index (χ2n) is 3.28. The molecule has 0 aromatic heterocycles. The van der Waals surface area contributed by atoms with E-state index in [4.69, 9.17) is 17.3 Å². The molecule has 0 fully saturated rings. The lowest BCUT2D eigenvalue weighted by atomic mass is 10.0. The van der Waals surface area contributed by atoms with E-state index in [1.165, 1.54) is 12.1 Å². The van der Waals surface area contributed by atoms with Gasteiger partial charge >= 0.3 is 0 Å². The van der Waals surface area contributed by atoms with Crippen molar-refractivity contribution >= 4 is 11.6 Å². The van der Waals surface area contributed by atoms with Crippen LogP contribution in [0.4, 0.5) is 4.39 Å². The first-order chi connectivity index (χ1) is 6.13. The standard InChI is InChI=1S/C10H13ClFN/c1-7(6-13)4-8-2-3-9(12)5-10(8)11/h2-3,5,7H,4,6,13H2,1H3. The Balaban J connectivity index is 2.77. The molecule has 0 spiro atoms. The molecule has 0 aliphatic carbocycles. The predicted molar refractivity (Wildman–Crippen MR) is 53.3 cm³/mol. The summed E-state index contributed by atoms with van der Waals surface area (Å²) in [5.41, 5.74) is 6.44. The van der Waals surface area contributed by atoms with Crippen molar-refractivity contribution in [3.8, 4) is 0 Å². The number of nitrogens with two attached hydrogens (primary N) is 1. The smallest absolute Gasteiger partial charge is 0.124 e. The van der Waals surface area contributed by atoms with Crippen molar-refractivity contribution in [1.29, 1.82) is 0 Å². The highest BCUT2D eigenvalue weighted by molar-refractivity contribution is 6.31. The maximum atomic E-state index is 12.7. The fourth-order valence-electron chi connectivity index (χ4n) is 1.15. The van der Waals surface area contributed by atoms with Crippen molar-refractivity contribution < 1.29 is 4.39 Å². The van der Waals surface area contributed by atoms with Crippen LogP contribution < -0.4 is 5.73 Å². The van der Waals surface area contributed by atoms with Crippen molar-refractivity contribution in [3.63, 3.8) is 0 Å². The van der Waals surface area contributed by atoms with Gasteiger partial charge in [-0.15, -0.1) is 0 Å². The van der Waals surface area contributed by atoms with Crippen molar-refractivity contribution in [2.45, 2.75) is 13.3 Å². The monoisotopic (exact) mass is 201 g/mol. The van der Waals surface area contributed by atoms with Crippen LogP contribution >= 0.6 is 11.6 Å². The number of benzene rings is 1. The molecule has 0 saturated carbocycles. The van der Waals surface area contributed by atoms with Gasteiger partial charge in [0.15, 0.2) is 0 Å². The first-order valence-corrected chi connectivity index (χ1v) is 4.65. The molecule has 1 aromatic rings. The molecular formula is C10H13ClFN. The molecule has 1 nitrogen and oxygen atoms in total. The molecule has 0 aliphatic rings. The highest BCUT2D eigenvalue weighted by Crippen LogP contribution is 2.19. The zero-order chi connectivity index (χ0) is 9.84. The van der Waals surface area contributed by atoms with Crippen LogP contribution in [0.1, 0.15) is 12.5 Å². The van der Waals surface area contributed by atoms with Crippen LogP contribution in [0.15, 0.2) is 18.2 Å². The van der Waals surface area contributed by atoms with Crippen LogP contribution in [0.5, 0.6) is 0 Å². The van der Waals surface area contributed by atoms with Crippen LogP contribution in [0, 0.1) is 11.7 Å². The lowest BCUT2D eigenvalue weighted by Crippen LogP contribution is -2.13. The maximum absolute atomic E-state index is 12.7. The Morgan fingerprint density at radius 3 is 2.77 bits per heavy atom. The van der Waals surface area contributed by atoms with E-state index in [9.17, 15) is 4.39 Å². The lowest BCUT2D eigenvalue weighted by molar-refractivity contribution is 0.589. The zero-order valence-electron chi connectivity index (χ0n) is 7.56. The van der Waals surface area contributed by atoms with E-state index < -0.39 is 0 Å². The average molecular weight is 202 g/mol. The summed E-state index contributed by atoms with van der Waals surface area (Å²) in [5, 5.41) is 0.486. The number of rotatable bonds is 3. The molecule has 0 amide bonds. The van der Waals surface area contributed by atoms with Gasteiger partial charge in [-0.05, 0) is 36.6 Å². The summed E-state index contributed by atoms with van der Waals surface area (Å²) in [6, 6.07) is 4.47. The summed E-state index contributed by atoms with van der Waals surface area (Å²) >= 11 is 5.85. The molecular weight excluding hydrogens is 189 g/mol. The summed E-state index contributed by atoms with van der Waals surface area (Å²) in [7, 11) is 0. The average Bonchev–Trinajstić information content (AvgIpc) is 2.09. The topological polar surface area (TPSA) is 26.0 Å². The number of halogens is 2. The van der Waals surface area contributed by atoms with Gasteiger partial charge in [0.1, 0.15) is 5.82 Å². The molecule has 13 heavy (non-hydrogen) atoms. The fraction of sp³-hybridized carbons (Fsp3) is 0.400. The molecule has 2 N–H and O–H groups in total. The van der Waals surface area contributed by atoms with Gasteiger partial charge in [-0.25, -0.2) is 4.39 Å². The minimum absolute atomic E-state index is 0.297. The minimum Gasteiger partial charge on any atom is -0.330 e. The van der Waals surface area contributed by atoms with Crippen molar-refractivity contribution in [2.75, 3.05) is 6.54 Å². The van der Waals surface area contributed by atoms with Crippen molar-refractivity contribution in [3.05, 3.63) is 34.6 Å². The third-order valence-corrected chi connectivity index (χ3v) is 2.34. The first-order valence-electron chi connectivity index (χ1n) is 4.27. The van der Waals surface area contributed by atoms with Gasteiger partial charge in [-0.2, -0.15) is 0 Å². The fourth-order valence-corrected chi connectivity index (χ4v) is 1.39. The van der Waals surface area contributed by atoms with Crippen LogP contribution in [-0.4, -0.2) is 6.54 Å². The van der Waals surface area contributed by atoms with Crippen LogP contribution in [-0.2, 0) is 6.42 Å². The summed E-state index contributed by atoms with van der Waals surface area (Å²) in [5.74, 6) is 0.0807. The van der Waals surface area contributed by atoms with Gasteiger partial charge in [0.25, 0.3) is 0 Å². The Morgan fingerprint density at radius 1 is 1.54 bits per heavy atom. The molecule has 0 heterocycles. The quantitative estimate of drug-likeness (QED) is 0.800. The van der Waals surface area contributed by atoms with Gasteiger partial charge in [0.05, 0.1) is 0 Å². The van der Waals surface area contributed by atoms with Gasteiger partial charge in [0, 0.05) is 5.02 Å². The predicted octanol–water partition coefficient (Wildman–Crippen LogP) is 2.62. The van der Waals surface area contributed by atoms with Crippen molar-refractivity contribution in [1.82, 2.24) is 0 Å².